The maximum Gasteiger partial charge on any atom is 0.305 e. The van der Waals surface area contributed by atoms with E-state index in [4.69, 9.17) is 0 Å². The first-order chi connectivity index (χ1) is 9.91. The predicted molar refractivity (Wildman–Crippen MR) is 75.9 cm³/mol. The molecule has 1 aliphatic rings. The zero-order valence-corrected chi connectivity index (χ0v) is 12.2. The molecule has 1 aliphatic carbocycles. The lowest BCUT2D eigenvalue weighted by atomic mass is 9.78. The topological polar surface area (TPSA) is 40.5 Å². The van der Waals surface area contributed by atoms with Gasteiger partial charge >= 0.3 is 5.97 Å². The first kappa shape index (κ1) is 15.9. The van der Waals surface area contributed by atoms with Crippen molar-refractivity contribution in [2.24, 2.45) is 0 Å². The van der Waals surface area contributed by atoms with Gasteiger partial charge in [-0.3, -0.25) is 9.69 Å². The van der Waals surface area contributed by atoms with Crippen LogP contribution in [0, 0.1) is 11.6 Å². The molecule has 0 spiro atoms. The number of hydrogen-bond donors (Lipinski definition) is 1. The Hall–Kier alpha value is -1.49. The summed E-state index contributed by atoms with van der Waals surface area (Å²) in [5, 5.41) is 9.19. The van der Waals surface area contributed by atoms with Crippen LogP contribution in [0.15, 0.2) is 18.2 Å². The van der Waals surface area contributed by atoms with Crippen molar-refractivity contribution in [1.82, 2.24) is 4.90 Å². The molecule has 0 radical (unpaired) electrons. The summed E-state index contributed by atoms with van der Waals surface area (Å²) in [6, 6.07) is 3.45. The van der Waals surface area contributed by atoms with E-state index in [0.29, 0.717) is 12.1 Å². The summed E-state index contributed by atoms with van der Waals surface area (Å²) in [6.07, 6.45) is 4.80. The molecule has 3 nitrogen and oxygen atoms in total. The van der Waals surface area contributed by atoms with E-state index in [-0.39, 0.29) is 6.42 Å². The fourth-order valence-electron chi connectivity index (χ4n) is 3.33. The Labute approximate surface area is 123 Å². The van der Waals surface area contributed by atoms with Crippen molar-refractivity contribution >= 4 is 5.97 Å². The molecule has 0 heterocycles. The van der Waals surface area contributed by atoms with Crippen molar-refractivity contribution in [3.8, 4) is 0 Å². The Morgan fingerprint density at radius 3 is 2.29 bits per heavy atom. The number of hydrogen-bond acceptors (Lipinski definition) is 2. The molecule has 0 aliphatic heterocycles. The molecule has 0 saturated heterocycles. The molecule has 0 atom stereocenters. The largest absolute Gasteiger partial charge is 0.481 e. The van der Waals surface area contributed by atoms with Crippen molar-refractivity contribution in [3.63, 3.8) is 0 Å². The van der Waals surface area contributed by atoms with E-state index < -0.39 is 23.1 Å². The number of benzene rings is 1. The van der Waals surface area contributed by atoms with Crippen LogP contribution in [0.3, 0.4) is 0 Å². The quantitative estimate of drug-likeness (QED) is 0.903. The highest BCUT2D eigenvalue weighted by Crippen LogP contribution is 2.36. The molecule has 1 saturated carbocycles. The average Bonchev–Trinajstić information content (AvgIpc) is 2.37. The van der Waals surface area contributed by atoms with Gasteiger partial charge in [-0.25, -0.2) is 8.78 Å². The molecular weight excluding hydrogens is 276 g/mol. The highest BCUT2D eigenvalue weighted by atomic mass is 19.1. The fourth-order valence-corrected chi connectivity index (χ4v) is 3.33. The summed E-state index contributed by atoms with van der Waals surface area (Å²) >= 11 is 0. The summed E-state index contributed by atoms with van der Waals surface area (Å²) in [5.74, 6) is -2.03. The molecule has 0 aromatic heterocycles. The fraction of sp³-hybridized carbons (Fsp3) is 0.562. The van der Waals surface area contributed by atoms with Gasteiger partial charge in [-0.15, -0.1) is 0 Å². The minimum atomic E-state index is -0.825. The van der Waals surface area contributed by atoms with Crippen LogP contribution in [0.4, 0.5) is 8.78 Å². The maximum atomic E-state index is 13.3. The summed E-state index contributed by atoms with van der Waals surface area (Å²) in [6.45, 7) is 0.349. The molecule has 0 amide bonds. The van der Waals surface area contributed by atoms with Gasteiger partial charge in [0, 0.05) is 18.2 Å². The Bertz CT molecular complexity index is 493. The second kappa shape index (κ2) is 6.52. The number of carboxylic acids is 1. The van der Waals surface area contributed by atoms with Crippen molar-refractivity contribution in [2.75, 3.05) is 7.05 Å². The smallest absolute Gasteiger partial charge is 0.305 e. The Morgan fingerprint density at radius 2 is 1.76 bits per heavy atom. The molecule has 1 aromatic rings. The first-order valence-electron chi connectivity index (χ1n) is 7.29. The second-order valence-electron chi connectivity index (χ2n) is 5.99. The number of nitrogens with zero attached hydrogens (tertiary/aromatic N) is 1. The normalized spacial score (nSPS) is 17.9. The zero-order chi connectivity index (χ0) is 15.5. The third-order valence-corrected chi connectivity index (χ3v) is 4.42. The molecule has 0 bridgehead atoms. The Balaban J connectivity index is 2.17. The summed E-state index contributed by atoms with van der Waals surface area (Å²) in [4.78, 5) is 13.1. The van der Waals surface area contributed by atoms with Crippen LogP contribution < -0.4 is 0 Å². The molecule has 1 aromatic carbocycles. The molecule has 21 heavy (non-hydrogen) atoms. The monoisotopic (exact) mass is 297 g/mol. The van der Waals surface area contributed by atoms with E-state index in [2.05, 4.69) is 0 Å². The molecule has 116 valence electrons. The first-order valence-corrected chi connectivity index (χ1v) is 7.29. The minimum absolute atomic E-state index is 0.0707. The third kappa shape index (κ3) is 4.00. The van der Waals surface area contributed by atoms with Crippen LogP contribution in [0.1, 0.15) is 44.1 Å². The number of carboxylic acid groups (broad SMARTS) is 1. The lowest BCUT2D eigenvalue weighted by Crippen LogP contribution is -2.49. The van der Waals surface area contributed by atoms with Gasteiger partial charge in [-0.1, -0.05) is 19.3 Å². The lowest BCUT2D eigenvalue weighted by Gasteiger charge is -2.44. The maximum absolute atomic E-state index is 13.3. The van der Waals surface area contributed by atoms with Crippen LogP contribution in [0.25, 0.3) is 0 Å². The predicted octanol–water partition coefficient (Wildman–Crippen LogP) is 3.57. The minimum Gasteiger partial charge on any atom is -0.481 e. The van der Waals surface area contributed by atoms with Gasteiger partial charge in [0.05, 0.1) is 6.42 Å². The van der Waals surface area contributed by atoms with Crippen LogP contribution in [-0.2, 0) is 11.3 Å². The van der Waals surface area contributed by atoms with E-state index in [1.54, 1.807) is 0 Å². The van der Waals surface area contributed by atoms with Gasteiger partial charge < -0.3 is 5.11 Å². The van der Waals surface area contributed by atoms with E-state index in [9.17, 15) is 18.7 Å². The number of carbonyl (C=O) groups is 1. The average molecular weight is 297 g/mol. The van der Waals surface area contributed by atoms with Crippen molar-refractivity contribution < 1.29 is 18.7 Å². The number of aliphatic carboxylic acids is 1. The molecule has 5 heteroatoms. The van der Waals surface area contributed by atoms with Crippen LogP contribution in [0.5, 0.6) is 0 Å². The summed E-state index contributed by atoms with van der Waals surface area (Å²) in [7, 11) is 1.84. The highest BCUT2D eigenvalue weighted by molar-refractivity contribution is 5.68. The van der Waals surface area contributed by atoms with Gasteiger partial charge in [0.1, 0.15) is 11.6 Å². The third-order valence-electron chi connectivity index (χ3n) is 4.42. The SMILES string of the molecule is CN(Cc1cc(F)cc(F)c1)C1(CC(=O)O)CCCCC1. The molecule has 0 unspecified atom stereocenters. The molecule has 1 N–H and O–H groups in total. The second-order valence-corrected chi connectivity index (χ2v) is 5.99. The van der Waals surface area contributed by atoms with Crippen LogP contribution in [0.2, 0.25) is 0 Å². The number of rotatable bonds is 5. The van der Waals surface area contributed by atoms with Gasteiger partial charge in [-0.05, 0) is 37.6 Å². The van der Waals surface area contributed by atoms with Crippen molar-refractivity contribution in [3.05, 3.63) is 35.4 Å². The zero-order valence-electron chi connectivity index (χ0n) is 12.2. The standard InChI is InChI=1S/C16H21F2NO2/c1-19(11-12-7-13(17)9-14(18)8-12)16(10-15(20)21)5-3-2-4-6-16/h7-9H,2-6,10-11H2,1H3,(H,20,21). The van der Waals surface area contributed by atoms with Gasteiger partial charge in [0.2, 0.25) is 0 Å². The van der Waals surface area contributed by atoms with E-state index in [1.807, 2.05) is 11.9 Å². The van der Waals surface area contributed by atoms with Crippen molar-refractivity contribution in [2.45, 2.75) is 50.6 Å². The Morgan fingerprint density at radius 1 is 1.19 bits per heavy atom. The molecule has 2 rings (SSSR count). The van der Waals surface area contributed by atoms with E-state index in [1.165, 1.54) is 12.1 Å². The Kier molecular flexibility index (Phi) is 4.93. The number of halogens is 2. The van der Waals surface area contributed by atoms with Gasteiger partial charge in [0.25, 0.3) is 0 Å². The molecular formula is C16H21F2NO2. The van der Waals surface area contributed by atoms with Crippen molar-refractivity contribution in [1.29, 1.82) is 0 Å². The molecule has 1 fully saturated rings. The van der Waals surface area contributed by atoms with E-state index >= 15 is 0 Å². The summed E-state index contributed by atoms with van der Waals surface area (Å²) < 4.78 is 26.5. The van der Waals surface area contributed by atoms with Crippen LogP contribution >= 0.6 is 0 Å². The van der Waals surface area contributed by atoms with Gasteiger partial charge in [-0.2, -0.15) is 0 Å². The highest BCUT2D eigenvalue weighted by Gasteiger charge is 2.38. The lowest BCUT2D eigenvalue weighted by molar-refractivity contribution is -0.141. The van der Waals surface area contributed by atoms with E-state index in [0.717, 1.165) is 38.2 Å². The summed E-state index contributed by atoms with van der Waals surface area (Å²) in [5.41, 5.74) is 0.123. The van der Waals surface area contributed by atoms with Crippen LogP contribution in [-0.4, -0.2) is 28.6 Å². The van der Waals surface area contributed by atoms with Gasteiger partial charge in [0.15, 0.2) is 0 Å².